The van der Waals surface area contributed by atoms with Crippen LogP contribution in [0.15, 0.2) is 121 Å². The van der Waals surface area contributed by atoms with Crippen LogP contribution in [0.1, 0.15) is 0 Å². The van der Waals surface area contributed by atoms with E-state index in [1.807, 2.05) is 24.3 Å². The summed E-state index contributed by atoms with van der Waals surface area (Å²) in [6, 6.07) is 42.3. The molecule has 4 aromatic rings. The molecule has 6 heteroatoms. The van der Waals surface area contributed by atoms with Crippen molar-refractivity contribution in [2.75, 3.05) is 0 Å². The average Bonchev–Trinajstić information content (AvgIpc) is 3.72. The van der Waals surface area contributed by atoms with E-state index in [1.54, 1.807) is 0 Å². The van der Waals surface area contributed by atoms with Crippen LogP contribution in [0.2, 0.25) is 0 Å². The molecule has 4 aromatic carbocycles. The SMILES string of the molecule is C1#CC(P(c2ccccc2)c2ccccc2)C#C1.C1#CC(P(c2ccccc2)c2ccccc2)C#C1.[Cl][Pd][Cl].[Fe+2]. The Morgan fingerprint density at radius 3 is 0.825 bits per heavy atom. The van der Waals surface area contributed by atoms with E-state index in [9.17, 15) is 0 Å². The molecule has 6 rings (SSSR count). The third-order valence-corrected chi connectivity index (χ3v) is 10.6. The summed E-state index contributed by atoms with van der Waals surface area (Å²) >= 11 is -0.106. The van der Waals surface area contributed by atoms with Gasteiger partial charge in [-0.3, -0.25) is 0 Å². The first-order chi connectivity index (χ1) is 19.3. The summed E-state index contributed by atoms with van der Waals surface area (Å²) in [5.74, 6) is 24.4. The van der Waals surface area contributed by atoms with Crippen molar-refractivity contribution in [3.05, 3.63) is 121 Å². The first-order valence-electron chi connectivity index (χ1n) is 11.9. The fraction of sp³-hybridized carbons (Fsp3) is 0.0588. The monoisotopic (exact) mass is 724 g/mol. The molecule has 0 unspecified atom stereocenters. The minimum atomic E-state index is -0.499. The Morgan fingerprint density at radius 2 is 0.625 bits per heavy atom. The summed E-state index contributed by atoms with van der Waals surface area (Å²) in [7, 11) is 8.63. The molecule has 0 radical (unpaired) electrons. The molecule has 0 aromatic heterocycles. The predicted octanol–water partition coefficient (Wildman–Crippen LogP) is 6.39. The van der Waals surface area contributed by atoms with Gasteiger partial charge in [0.25, 0.3) is 0 Å². The standard InChI is InChI=1S/2C17H11P.2ClH.Fe.Pd/c2*1-3-9-15(10-4-1)18(17-13-7-8-14-17)16-11-5-2-6-12-16;;;;/h2*1-6,9-12,17H;2*1H;;/q;;;;2*+2/p-2. The van der Waals surface area contributed by atoms with Crippen LogP contribution in [-0.2, 0) is 33.0 Å². The number of hydrogen-bond donors (Lipinski definition) is 0. The molecule has 198 valence electrons. The van der Waals surface area contributed by atoms with E-state index in [-0.39, 0.29) is 44.3 Å². The molecule has 0 atom stereocenters. The summed E-state index contributed by atoms with van der Waals surface area (Å²) in [6.45, 7) is 0. The van der Waals surface area contributed by atoms with E-state index in [0.717, 1.165) is 0 Å². The van der Waals surface area contributed by atoms with Crippen LogP contribution in [0.25, 0.3) is 0 Å². The van der Waals surface area contributed by atoms with Gasteiger partial charge in [0.1, 0.15) is 11.3 Å². The Balaban J connectivity index is 0.000000197. The molecule has 0 spiro atoms. The van der Waals surface area contributed by atoms with Crippen molar-refractivity contribution in [1.82, 2.24) is 0 Å². The maximum absolute atomic E-state index is 4.81. The van der Waals surface area contributed by atoms with Crippen molar-refractivity contribution in [3.8, 4) is 47.4 Å². The first kappa shape index (κ1) is 32.3. The van der Waals surface area contributed by atoms with Crippen LogP contribution in [0.4, 0.5) is 0 Å². The maximum Gasteiger partial charge on any atom is 2.00 e. The average molecular weight is 726 g/mol. The van der Waals surface area contributed by atoms with Crippen LogP contribution in [0, 0.1) is 47.4 Å². The molecule has 40 heavy (non-hydrogen) atoms. The zero-order chi connectivity index (χ0) is 27.1. The molecule has 0 amide bonds. The van der Waals surface area contributed by atoms with Gasteiger partial charge >= 0.3 is 52.1 Å². The number of rotatable bonds is 6. The number of benzene rings is 4. The molecular weight excluding hydrogens is 703 g/mol. The smallest absolute Gasteiger partial charge is 2.00 e. The van der Waals surface area contributed by atoms with Gasteiger partial charge in [0.2, 0.25) is 0 Å². The van der Waals surface area contributed by atoms with Gasteiger partial charge in [0.15, 0.2) is 0 Å². The van der Waals surface area contributed by atoms with Crippen molar-refractivity contribution in [3.63, 3.8) is 0 Å². The molecule has 0 nitrogen and oxygen atoms in total. The summed E-state index contributed by atoms with van der Waals surface area (Å²) in [6.07, 6.45) is 0. The summed E-state index contributed by atoms with van der Waals surface area (Å²) in [5.41, 5.74) is 0.342. The number of halogens is 2. The van der Waals surface area contributed by atoms with Gasteiger partial charge < -0.3 is 0 Å². The Morgan fingerprint density at radius 1 is 0.425 bits per heavy atom. The molecule has 0 fully saturated rings. The second-order valence-corrected chi connectivity index (χ2v) is 14.9. The van der Waals surface area contributed by atoms with Gasteiger partial charge in [-0.15, -0.1) is 0 Å². The topological polar surface area (TPSA) is 0 Å². The molecule has 0 saturated carbocycles. The Kier molecular flexibility index (Phi) is 14.7. The van der Waals surface area contributed by atoms with E-state index in [4.69, 9.17) is 19.1 Å². The molecule has 0 aliphatic heterocycles. The third-order valence-electron chi connectivity index (χ3n) is 5.61. The van der Waals surface area contributed by atoms with Crippen LogP contribution in [-0.4, -0.2) is 11.3 Å². The van der Waals surface area contributed by atoms with Crippen molar-refractivity contribution < 1.29 is 33.0 Å². The van der Waals surface area contributed by atoms with E-state index in [1.165, 1.54) is 21.2 Å². The van der Waals surface area contributed by atoms with Crippen LogP contribution >= 0.6 is 34.9 Å². The minimum absolute atomic E-state index is 0. The van der Waals surface area contributed by atoms with Crippen molar-refractivity contribution >= 4 is 56.1 Å². The zero-order valence-corrected chi connectivity index (χ0v) is 27.0. The van der Waals surface area contributed by atoms with Crippen LogP contribution in [0.3, 0.4) is 0 Å². The Bertz CT molecular complexity index is 1350. The zero-order valence-electron chi connectivity index (χ0n) is 21.0. The second kappa shape index (κ2) is 18.2. The van der Waals surface area contributed by atoms with Crippen LogP contribution in [0.5, 0.6) is 0 Å². The number of hydrogen-bond acceptors (Lipinski definition) is 0. The van der Waals surface area contributed by atoms with Crippen molar-refractivity contribution in [1.29, 1.82) is 0 Å². The van der Waals surface area contributed by atoms with Crippen molar-refractivity contribution in [2.24, 2.45) is 0 Å². The van der Waals surface area contributed by atoms with E-state index in [2.05, 4.69) is 144 Å². The van der Waals surface area contributed by atoms with Gasteiger partial charge in [0.05, 0.1) is 0 Å². The van der Waals surface area contributed by atoms with Crippen molar-refractivity contribution in [2.45, 2.75) is 11.3 Å². The maximum atomic E-state index is 4.81. The molecule has 0 saturated heterocycles. The first-order valence-corrected chi connectivity index (χ1v) is 18.8. The molecular formula is C34H22Cl2FeP2Pd+2. The van der Waals surface area contributed by atoms with Gasteiger partial charge in [0, 0.05) is 0 Å². The summed E-state index contributed by atoms with van der Waals surface area (Å²) in [5, 5.41) is 5.37. The third kappa shape index (κ3) is 9.40. The van der Waals surface area contributed by atoms with Gasteiger partial charge in [-0.2, -0.15) is 0 Å². The fourth-order valence-corrected chi connectivity index (χ4v) is 8.53. The van der Waals surface area contributed by atoms with E-state index < -0.39 is 15.8 Å². The van der Waals surface area contributed by atoms with Gasteiger partial charge in [-0.1, -0.05) is 145 Å². The quantitative estimate of drug-likeness (QED) is 0.123. The second-order valence-electron chi connectivity index (χ2n) is 8.01. The summed E-state index contributed by atoms with van der Waals surface area (Å²) in [4.78, 5) is 0. The molecule has 0 bridgehead atoms. The van der Waals surface area contributed by atoms with Crippen LogP contribution < -0.4 is 21.2 Å². The predicted molar refractivity (Wildman–Crippen MR) is 169 cm³/mol. The molecule has 2 aliphatic rings. The minimum Gasteiger partial charge on any atom is 2.00 e. The molecule has 0 N–H and O–H groups in total. The normalized spacial score (nSPS) is 12.0. The summed E-state index contributed by atoms with van der Waals surface area (Å²) < 4.78 is 0. The molecule has 2 aliphatic carbocycles. The Labute approximate surface area is 267 Å². The molecule has 0 heterocycles. The van der Waals surface area contributed by atoms with E-state index >= 15 is 0 Å². The van der Waals surface area contributed by atoms with Gasteiger partial charge in [-0.05, 0) is 60.7 Å². The Hall–Kier alpha value is -2.26. The van der Waals surface area contributed by atoms with Gasteiger partial charge in [-0.25, -0.2) is 0 Å². The largest absolute Gasteiger partial charge is 2.00 e. The fourth-order valence-electron chi connectivity index (χ4n) is 4.00. The van der Waals surface area contributed by atoms with E-state index in [0.29, 0.717) is 0 Å².